The lowest BCUT2D eigenvalue weighted by Crippen LogP contribution is -2.39. The third-order valence-electron chi connectivity index (χ3n) is 5.43. The third kappa shape index (κ3) is 3.59. The van der Waals surface area contributed by atoms with E-state index in [1.165, 1.54) is 0 Å². The van der Waals surface area contributed by atoms with Crippen molar-refractivity contribution in [3.63, 3.8) is 0 Å². The first-order chi connectivity index (χ1) is 14.3. The van der Waals surface area contributed by atoms with Crippen LogP contribution in [-0.2, 0) is 0 Å². The van der Waals surface area contributed by atoms with Crippen LogP contribution in [0.5, 0.6) is 0 Å². The molecule has 5 rings (SSSR count). The Balaban J connectivity index is 1.46. The summed E-state index contributed by atoms with van der Waals surface area (Å²) in [6.45, 7) is 2.00. The predicted octanol–water partition coefficient (Wildman–Crippen LogP) is 3.18. The van der Waals surface area contributed by atoms with Crippen LogP contribution in [0.4, 0.5) is 5.95 Å². The first kappa shape index (κ1) is 18.2. The molecule has 3 aliphatic rings. The van der Waals surface area contributed by atoms with Gasteiger partial charge in [-0.25, -0.2) is 9.97 Å². The highest BCUT2D eigenvalue weighted by molar-refractivity contribution is 8.16. The molecule has 1 fully saturated rings. The van der Waals surface area contributed by atoms with E-state index in [1.807, 2.05) is 41.9 Å². The summed E-state index contributed by atoms with van der Waals surface area (Å²) in [7, 11) is 0. The fourth-order valence-electron chi connectivity index (χ4n) is 4.05. The van der Waals surface area contributed by atoms with Crippen LogP contribution in [0, 0.1) is 11.3 Å². The number of nitrogens with one attached hydrogen (secondary N) is 2. The second-order valence-electron chi connectivity index (χ2n) is 7.34. The fraction of sp³-hybridized carbons (Fsp3) is 0.333. The van der Waals surface area contributed by atoms with Gasteiger partial charge in [0.25, 0.3) is 0 Å². The van der Waals surface area contributed by atoms with Crippen LogP contribution in [0.25, 0.3) is 0 Å². The van der Waals surface area contributed by atoms with Crippen molar-refractivity contribution in [1.29, 1.82) is 5.26 Å². The zero-order chi connectivity index (χ0) is 19.6. The number of hydrogen-bond acceptors (Lipinski definition) is 8. The number of nitriles is 1. The molecule has 1 aromatic carbocycles. The standard InChI is InChI=1S/C21H21N7S/c22-12-14-3-1-4-15(11-14)18-19(28-9-10-29-21(28)27-18)17-6-8-24-20(26-17)25-16-5-2-7-23-13-16/h1,3-4,6,8-11,16,18-19,23H,2,5,7,13H2,(H,24,25,26)/t16-,18?,19?/m1/s1. The first-order valence-electron chi connectivity index (χ1n) is 9.81. The van der Waals surface area contributed by atoms with Crippen molar-refractivity contribution < 1.29 is 0 Å². The molecular weight excluding hydrogens is 382 g/mol. The summed E-state index contributed by atoms with van der Waals surface area (Å²) in [5.74, 6) is 0.657. The number of rotatable bonds is 4. The van der Waals surface area contributed by atoms with Gasteiger partial charge in [0.2, 0.25) is 5.95 Å². The Morgan fingerprint density at radius 2 is 2.28 bits per heavy atom. The van der Waals surface area contributed by atoms with Crippen LogP contribution in [0.1, 0.15) is 41.7 Å². The van der Waals surface area contributed by atoms with Crippen LogP contribution >= 0.6 is 11.8 Å². The Labute approximate surface area is 174 Å². The molecule has 8 heteroatoms. The molecule has 0 saturated carbocycles. The number of hydrogen-bond donors (Lipinski definition) is 2. The first-order valence-corrected chi connectivity index (χ1v) is 10.7. The molecule has 3 atom stereocenters. The predicted molar refractivity (Wildman–Crippen MR) is 114 cm³/mol. The number of benzene rings is 1. The van der Waals surface area contributed by atoms with E-state index in [0.717, 1.165) is 42.4 Å². The van der Waals surface area contributed by atoms with E-state index in [9.17, 15) is 5.26 Å². The van der Waals surface area contributed by atoms with Gasteiger partial charge in [-0.1, -0.05) is 23.9 Å². The second-order valence-corrected chi connectivity index (χ2v) is 8.21. The normalized spacial score (nSPS) is 25.4. The van der Waals surface area contributed by atoms with Gasteiger partial charge < -0.3 is 15.5 Å². The number of aliphatic imine (C=N–C) groups is 1. The lowest BCUT2D eigenvalue weighted by molar-refractivity contribution is 0.392. The minimum atomic E-state index is -0.116. The van der Waals surface area contributed by atoms with Gasteiger partial charge in [0.1, 0.15) is 12.1 Å². The summed E-state index contributed by atoms with van der Waals surface area (Å²) < 4.78 is 0. The smallest absolute Gasteiger partial charge is 0.223 e. The molecule has 0 radical (unpaired) electrons. The fourth-order valence-corrected chi connectivity index (χ4v) is 4.83. The third-order valence-corrected chi connectivity index (χ3v) is 6.22. The van der Waals surface area contributed by atoms with E-state index in [1.54, 1.807) is 11.8 Å². The number of nitrogens with zero attached hydrogens (tertiary/aromatic N) is 5. The summed E-state index contributed by atoms with van der Waals surface area (Å²) in [6, 6.07) is 12.1. The van der Waals surface area contributed by atoms with Gasteiger partial charge in [-0.2, -0.15) is 5.26 Å². The molecular formula is C21H21N7S. The monoisotopic (exact) mass is 403 g/mol. The van der Waals surface area contributed by atoms with Crippen LogP contribution in [0.2, 0.25) is 0 Å². The van der Waals surface area contributed by atoms with Crippen molar-refractivity contribution in [2.45, 2.75) is 31.0 Å². The quantitative estimate of drug-likeness (QED) is 0.810. The Morgan fingerprint density at radius 3 is 3.14 bits per heavy atom. The molecule has 0 amide bonds. The number of fused-ring (bicyclic) bond motifs is 1. The summed E-state index contributed by atoms with van der Waals surface area (Å²) in [6.07, 6.45) is 6.15. The molecule has 2 unspecified atom stereocenters. The van der Waals surface area contributed by atoms with E-state index in [-0.39, 0.29) is 12.1 Å². The van der Waals surface area contributed by atoms with Gasteiger partial charge in [0, 0.05) is 25.0 Å². The van der Waals surface area contributed by atoms with Crippen LogP contribution in [-0.4, -0.2) is 39.2 Å². The maximum atomic E-state index is 9.30. The summed E-state index contributed by atoms with van der Waals surface area (Å²) in [5, 5.41) is 19.2. The molecule has 7 nitrogen and oxygen atoms in total. The summed E-state index contributed by atoms with van der Waals surface area (Å²) >= 11 is 1.62. The van der Waals surface area contributed by atoms with Crippen LogP contribution < -0.4 is 10.6 Å². The van der Waals surface area contributed by atoms with E-state index in [2.05, 4.69) is 32.8 Å². The molecule has 2 aromatic rings. The number of anilines is 1. The Kier molecular flexibility index (Phi) is 4.92. The van der Waals surface area contributed by atoms with Crippen molar-refractivity contribution in [2.75, 3.05) is 18.4 Å². The lowest BCUT2D eigenvalue weighted by atomic mass is 9.96. The highest BCUT2D eigenvalue weighted by Gasteiger charge is 2.40. The molecule has 2 N–H and O–H groups in total. The number of thioether (sulfide) groups is 1. The second kappa shape index (κ2) is 7.85. The van der Waals surface area contributed by atoms with E-state index < -0.39 is 0 Å². The molecule has 29 heavy (non-hydrogen) atoms. The van der Waals surface area contributed by atoms with Crippen molar-refractivity contribution in [1.82, 2.24) is 20.2 Å². The maximum Gasteiger partial charge on any atom is 0.223 e. The highest BCUT2D eigenvalue weighted by atomic mass is 32.2. The topological polar surface area (TPSA) is 89.2 Å². The molecule has 146 valence electrons. The zero-order valence-electron chi connectivity index (χ0n) is 15.8. The molecule has 1 saturated heterocycles. The zero-order valence-corrected chi connectivity index (χ0v) is 16.6. The maximum absolute atomic E-state index is 9.30. The minimum absolute atomic E-state index is 0.0572. The van der Waals surface area contributed by atoms with Crippen molar-refractivity contribution >= 4 is 22.9 Å². The average molecular weight is 404 g/mol. The number of amidine groups is 1. The van der Waals surface area contributed by atoms with E-state index in [4.69, 9.17) is 9.98 Å². The number of piperidine rings is 1. The Hall–Kier alpha value is -2.89. The van der Waals surface area contributed by atoms with Gasteiger partial charge in [-0.05, 0) is 48.6 Å². The largest absolute Gasteiger partial charge is 0.350 e. The van der Waals surface area contributed by atoms with Gasteiger partial charge in [-0.3, -0.25) is 4.99 Å². The van der Waals surface area contributed by atoms with E-state index in [0.29, 0.717) is 17.6 Å². The van der Waals surface area contributed by atoms with E-state index >= 15 is 0 Å². The Morgan fingerprint density at radius 1 is 1.31 bits per heavy atom. The summed E-state index contributed by atoms with van der Waals surface area (Å²) in [4.78, 5) is 16.4. The molecule has 0 spiro atoms. The van der Waals surface area contributed by atoms with Gasteiger partial charge in [-0.15, -0.1) is 0 Å². The average Bonchev–Trinajstić information content (AvgIpc) is 3.36. The van der Waals surface area contributed by atoms with Crippen LogP contribution in [0.3, 0.4) is 0 Å². The molecule has 0 aliphatic carbocycles. The Bertz CT molecular complexity index is 1010. The number of aromatic nitrogens is 2. The van der Waals surface area contributed by atoms with Gasteiger partial charge >= 0.3 is 0 Å². The van der Waals surface area contributed by atoms with Crippen molar-refractivity contribution in [3.05, 3.63) is 65.0 Å². The van der Waals surface area contributed by atoms with Crippen molar-refractivity contribution in [3.8, 4) is 6.07 Å². The van der Waals surface area contributed by atoms with Gasteiger partial charge in [0.05, 0.1) is 17.3 Å². The summed E-state index contributed by atoms with van der Waals surface area (Å²) in [5.41, 5.74) is 2.59. The molecule has 3 aliphatic heterocycles. The molecule has 0 bridgehead atoms. The lowest BCUT2D eigenvalue weighted by Gasteiger charge is -2.26. The SMILES string of the molecule is N#Cc1cccc(C2N=C3SC=CN3C2c2ccnc(N[C@@H]3CCCNC3)n2)c1. The molecule has 1 aromatic heterocycles. The van der Waals surface area contributed by atoms with Gasteiger partial charge in [0.15, 0.2) is 5.17 Å². The minimum Gasteiger partial charge on any atom is -0.350 e. The molecule has 4 heterocycles. The van der Waals surface area contributed by atoms with Crippen molar-refractivity contribution in [2.24, 2.45) is 4.99 Å². The van der Waals surface area contributed by atoms with Crippen LogP contribution in [0.15, 0.2) is 53.1 Å². The highest BCUT2D eigenvalue weighted by Crippen LogP contribution is 2.46.